The van der Waals surface area contributed by atoms with E-state index in [0.717, 1.165) is 35.5 Å². The first kappa shape index (κ1) is 24.2. The van der Waals surface area contributed by atoms with E-state index in [1.165, 1.54) is 16.7 Å². The lowest BCUT2D eigenvalue weighted by Gasteiger charge is -2.17. The van der Waals surface area contributed by atoms with E-state index < -0.39 is 5.97 Å². The third-order valence-electron chi connectivity index (χ3n) is 6.98. The molecule has 3 atom stereocenters. The van der Waals surface area contributed by atoms with Crippen LogP contribution in [0.5, 0.6) is 17.2 Å². The number of fused-ring (bicyclic) bond motifs is 1. The van der Waals surface area contributed by atoms with Crippen LogP contribution in [0, 0.1) is 13.8 Å². The molecule has 6 heteroatoms. The van der Waals surface area contributed by atoms with Crippen molar-refractivity contribution in [2.75, 3.05) is 13.2 Å². The van der Waals surface area contributed by atoms with Crippen LogP contribution >= 0.6 is 0 Å². The third kappa shape index (κ3) is 5.19. The number of carbonyl (C=O) groups is 1. The number of carboxylic acids is 1. The predicted molar refractivity (Wildman–Crippen MR) is 137 cm³/mol. The smallest absolute Gasteiger partial charge is 0.304 e. The van der Waals surface area contributed by atoms with E-state index in [1.54, 1.807) is 0 Å². The van der Waals surface area contributed by atoms with E-state index in [0.29, 0.717) is 24.7 Å². The molecule has 5 rings (SSSR count). The largest absolute Gasteiger partial charge is 0.490 e. The Morgan fingerprint density at radius 3 is 2.58 bits per heavy atom. The summed E-state index contributed by atoms with van der Waals surface area (Å²) in [6.07, 6.45) is 0.950. The van der Waals surface area contributed by atoms with E-state index in [-0.39, 0.29) is 24.5 Å². The molecule has 0 saturated carbocycles. The highest BCUT2D eigenvalue weighted by Crippen LogP contribution is 2.42. The quantitative estimate of drug-likeness (QED) is 0.416. The summed E-state index contributed by atoms with van der Waals surface area (Å²) in [6.45, 7) is 7.98. The standard InChI is InChI=1S/C30H32O6/c1-18-11-25(36-24-9-10-33-17-24)12-19(2)30(18)22-6-4-5-21(13-22)16-34-23-7-8-26-27(15-29(31)32)20(3)35-28(26)14-23/h4-8,11-14,20,24,27H,9-10,15-17H2,1-3H3,(H,31,32)/t20-,24-,27?/m0/s1. The Morgan fingerprint density at radius 2 is 1.86 bits per heavy atom. The van der Waals surface area contributed by atoms with Gasteiger partial charge in [0.1, 0.15) is 36.1 Å². The van der Waals surface area contributed by atoms with Gasteiger partial charge in [-0.25, -0.2) is 0 Å². The maximum absolute atomic E-state index is 11.2. The van der Waals surface area contributed by atoms with Crippen LogP contribution in [0.15, 0.2) is 54.6 Å². The van der Waals surface area contributed by atoms with Gasteiger partial charge in [-0.3, -0.25) is 4.79 Å². The van der Waals surface area contributed by atoms with Crippen molar-refractivity contribution < 1.29 is 28.8 Å². The van der Waals surface area contributed by atoms with Crippen LogP contribution < -0.4 is 14.2 Å². The van der Waals surface area contributed by atoms with Crippen molar-refractivity contribution in [3.63, 3.8) is 0 Å². The van der Waals surface area contributed by atoms with E-state index in [4.69, 9.17) is 18.9 Å². The number of aliphatic carboxylic acids is 1. The Bertz CT molecular complexity index is 1240. The van der Waals surface area contributed by atoms with E-state index in [1.807, 2.05) is 25.1 Å². The summed E-state index contributed by atoms with van der Waals surface area (Å²) in [7, 11) is 0. The Kier molecular flexibility index (Phi) is 6.88. The molecule has 0 aliphatic carbocycles. The molecule has 188 valence electrons. The summed E-state index contributed by atoms with van der Waals surface area (Å²) >= 11 is 0. The number of rotatable bonds is 8. The van der Waals surface area contributed by atoms with Gasteiger partial charge in [-0.1, -0.05) is 24.3 Å². The SMILES string of the molecule is Cc1cc(O[C@H]2CCOC2)cc(C)c1-c1cccc(COc2ccc3c(c2)O[C@@H](C)C3CC(=O)O)c1. The van der Waals surface area contributed by atoms with Crippen LogP contribution in [0.3, 0.4) is 0 Å². The maximum atomic E-state index is 11.2. The molecule has 1 saturated heterocycles. The number of benzene rings is 3. The maximum Gasteiger partial charge on any atom is 0.304 e. The van der Waals surface area contributed by atoms with Gasteiger partial charge in [0, 0.05) is 24.0 Å². The molecule has 1 unspecified atom stereocenters. The predicted octanol–water partition coefficient (Wildman–Crippen LogP) is 6.06. The average Bonchev–Trinajstić information content (AvgIpc) is 3.44. The molecule has 1 fully saturated rings. The van der Waals surface area contributed by atoms with Crippen LogP contribution in [0.1, 0.15) is 47.9 Å². The number of ether oxygens (including phenoxy) is 4. The molecule has 1 N–H and O–H groups in total. The second-order valence-electron chi connectivity index (χ2n) is 9.75. The molecule has 3 aromatic carbocycles. The van der Waals surface area contributed by atoms with Gasteiger partial charge >= 0.3 is 5.97 Å². The number of hydrogen-bond donors (Lipinski definition) is 1. The van der Waals surface area contributed by atoms with Gasteiger partial charge in [0.2, 0.25) is 0 Å². The minimum Gasteiger partial charge on any atom is -0.490 e. The average molecular weight is 489 g/mol. The molecular formula is C30H32O6. The van der Waals surface area contributed by atoms with Gasteiger partial charge in [0.15, 0.2) is 0 Å². The van der Waals surface area contributed by atoms with E-state index in [2.05, 4.69) is 50.2 Å². The molecule has 0 radical (unpaired) electrons. The van der Waals surface area contributed by atoms with Gasteiger partial charge in [-0.15, -0.1) is 0 Å². The monoisotopic (exact) mass is 488 g/mol. The summed E-state index contributed by atoms with van der Waals surface area (Å²) in [5, 5.41) is 9.20. The first-order valence-corrected chi connectivity index (χ1v) is 12.5. The topological polar surface area (TPSA) is 74.2 Å². The lowest BCUT2D eigenvalue weighted by Crippen LogP contribution is -2.17. The van der Waals surface area contributed by atoms with Crippen LogP contribution in [-0.4, -0.2) is 36.5 Å². The van der Waals surface area contributed by atoms with Gasteiger partial charge in [-0.2, -0.15) is 0 Å². The van der Waals surface area contributed by atoms with Gasteiger partial charge in [-0.05, 0) is 72.9 Å². The Morgan fingerprint density at radius 1 is 1.06 bits per heavy atom. The van der Waals surface area contributed by atoms with Crippen molar-refractivity contribution >= 4 is 5.97 Å². The van der Waals surface area contributed by atoms with Gasteiger partial charge in [0.25, 0.3) is 0 Å². The molecular weight excluding hydrogens is 456 g/mol. The zero-order chi connectivity index (χ0) is 25.2. The molecule has 36 heavy (non-hydrogen) atoms. The second-order valence-corrected chi connectivity index (χ2v) is 9.75. The van der Waals surface area contributed by atoms with Crippen LogP contribution in [0.25, 0.3) is 11.1 Å². The Labute approximate surface area is 211 Å². The Balaban J connectivity index is 1.29. The molecule has 0 spiro atoms. The molecule has 2 heterocycles. The fourth-order valence-electron chi connectivity index (χ4n) is 5.24. The van der Waals surface area contributed by atoms with Crippen molar-refractivity contribution in [3.8, 4) is 28.4 Å². The summed E-state index contributed by atoms with van der Waals surface area (Å²) in [5.41, 5.74) is 6.68. The lowest BCUT2D eigenvalue weighted by molar-refractivity contribution is -0.137. The van der Waals surface area contributed by atoms with Crippen LogP contribution in [0.2, 0.25) is 0 Å². The molecule has 0 aromatic heterocycles. The third-order valence-corrected chi connectivity index (χ3v) is 6.98. The van der Waals surface area contributed by atoms with Crippen molar-refractivity contribution in [3.05, 3.63) is 76.9 Å². The lowest BCUT2D eigenvalue weighted by atomic mass is 9.93. The van der Waals surface area contributed by atoms with E-state index in [9.17, 15) is 9.90 Å². The highest BCUT2D eigenvalue weighted by molar-refractivity contribution is 5.72. The van der Waals surface area contributed by atoms with Crippen molar-refractivity contribution in [1.82, 2.24) is 0 Å². The fourth-order valence-corrected chi connectivity index (χ4v) is 5.24. The number of hydrogen-bond acceptors (Lipinski definition) is 5. The van der Waals surface area contributed by atoms with Gasteiger partial charge in [0.05, 0.1) is 19.6 Å². The Hall–Kier alpha value is -3.51. The second kappa shape index (κ2) is 10.2. The van der Waals surface area contributed by atoms with Crippen molar-refractivity contribution in [2.24, 2.45) is 0 Å². The fraction of sp³-hybridized carbons (Fsp3) is 0.367. The molecule has 6 nitrogen and oxygen atoms in total. The zero-order valence-corrected chi connectivity index (χ0v) is 21.0. The van der Waals surface area contributed by atoms with Crippen LogP contribution in [-0.2, 0) is 16.1 Å². The van der Waals surface area contributed by atoms with Crippen molar-refractivity contribution in [1.29, 1.82) is 0 Å². The summed E-state index contributed by atoms with van der Waals surface area (Å²) in [6, 6.07) is 18.3. The number of carboxylic acid groups (broad SMARTS) is 1. The molecule has 3 aromatic rings. The highest BCUT2D eigenvalue weighted by Gasteiger charge is 2.33. The minimum absolute atomic E-state index is 0.0576. The molecule has 2 aliphatic heterocycles. The van der Waals surface area contributed by atoms with Crippen molar-refractivity contribution in [2.45, 2.75) is 58.3 Å². The molecule has 0 bridgehead atoms. The first-order chi connectivity index (χ1) is 17.4. The minimum atomic E-state index is -0.820. The normalized spacial score (nSPS) is 20.6. The van der Waals surface area contributed by atoms with Crippen LogP contribution in [0.4, 0.5) is 0 Å². The van der Waals surface area contributed by atoms with E-state index >= 15 is 0 Å². The summed E-state index contributed by atoms with van der Waals surface area (Å²) in [4.78, 5) is 11.2. The summed E-state index contributed by atoms with van der Waals surface area (Å²) in [5.74, 6) is 1.34. The van der Waals surface area contributed by atoms with Gasteiger partial charge < -0.3 is 24.1 Å². The highest BCUT2D eigenvalue weighted by atomic mass is 16.5. The molecule has 2 aliphatic rings. The zero-order valence-electron chi connectivity index (χ0n) is 21.0. The first-order valence-electron chi connectivity index (χ1n) is 12.5. The summed E-state index contributed by atoms with van der Waals surface area (Å²) < 4.78 is 23.5. The number of aryl methyl sites for hydroxylation is 2. The molecule has 0 amide bonds.